The average Bonchev–Trinajstić information content (AvgIpc) is 2.42. The van der Waals surface area contributed by atoms with Crippen molar-refractivity contribution >= 4 is 0 Å². The fourth-order valence-electron chi connectivity index (χ4n) is 2.40. The van der Waals surface area contributed by atoms with Gasteiger partial charge in [-0.25, -0.2) is 0 Å². The van der Waals surface area contributed by atoms with E-state index in [9.17, 15) is 0 Å². The molecular formula is C18H29K. The van der Waals surface area contributed by atoms with Gasteiger partial charge < -0.3 is 0 Å². The number of aryl methyl sites for hydroxylation is 1. The second-order valence-corrected chi connectivity index (χ2v) is 5.34. The Morgan fingerprint density at radius 1 is 0.737 bits per heavy atom. The first kappa shape index (κ1) is 19.9. The summed E-state index contributed by atoms with van der Waals surface area (Å²) in [4.78, 5) is 0. The van der Waals surface area contributed by atoms with E-state index in [1.54, 1.807) is 0 Å². The molecule has 1 heteroatoms. The van der Waals surface area contributed by atoms with Crippen molar-refractivity contribution in [3.05, 3.63) is 35.9 Å². The third kappa shape index (κ3) is 12.3. The summed E-state index contributed by atoms with van der Waals surface area (Å²) in [7, 11) is 0. The van der Waals surface area contributed by atoms with Crippen molar-refractivity contribution in [3.63, 3.8) is 0 Å². The van der Waals surface area contributed by atoms with Crippen LogP contribution in [0.1, 0.15) is 76.7 Å². The van der Waals surface area contributed by atoms with Crippen molar-refractivity contribution in [2.24, 2.45) is 0 Å². The maximum atomic E-state index is 3.07. The summed E-state index contributed by atoms with van der Waals surface area (Å²) in [6.45, 7) is 2.28. The van der Waals surface area contributed by atoms with Crippen molar-refractivity contribution in [3.8, 4) is 0 Å². The van der Waals surface area contributed by atoms with Gasteiger partial charge in [0.15, 0.2) is 0 Å². The molecule has 0 unspecified atom stereocenters. The monoisotopic (exact) mass is 284 g/mol. The maximum absolute atomic E-state index is 3.07. The van der Waals surface area contributed by atoms with E-state index in [0.717, 1.165) is 0 Å². The molecule has 1 aromatic carbocycles. The Morgan fingerprint density at radius 3 is 1.74 bits per heavy atom. The largest absolute Gasteiger partial charge is 1.00 e. The van der Waals surface area contributed by atoms with E-state index in [1.807, 2.05) is 12.1 Å². The number of benzene rings is 1. The van der Waals surface area contributed by atoms with Crippen LogP contribution in [-0.4, -0.2) is 0 Å². The van der Waals surface area contributed by atoms with Crippen LogP contribution >= 0.6 is 0 Å². The summed E-state index contributed by atoms with van der Waals surface area (Å²) in [6, 6.07) is 11.5. The summed E-state index contributed by atoms with van der Waals surface area (Å²) in [6.07, 6.45) is 15.4. The van der Waals surface area contributed by atoms with Gasteiger partial charge in [-0.2, -0.15) is 35.9 Å². The second-order valence-electron chi connectivity index (χ2n) is 5.34. The Bertz CT molecular complexity index is 268. The van der Waals surface area contributed by atoms with Crippen LogP contribution in [0.5, 0.6) is 0 Å². The number of rotatable bonds is 11. The van der Waals surface area contributed by atoms with Crippen molar-refractivity contribution in [1.29, 1.82) is 0 Å². The van der Waals surface area contributed by atoms with E-state index in [2.05, 4.69) is 25.1 Å². The van der Waals surface area contributed by atoms with Gasteiger partial charge in [0, 0.05) is 0 Å². The smallest absolute Gasteiger partial charge is 0.184 e. The molecule has 0 saturated carbocycles. The molecule has 1 rings (SSSR count). The van der Waals surface area contributed by atoms with Gasteiger partial charge >= 0.3 is 51.4 Å². The molecule has 0 bridgehead atoms. The topological polar surface area (TPSA) is 0 Å². The molecule has 19 heavy (non-hydrogen) atoms. The molecular weight excluding hydrogens is 255 g/mol. The van der Waals surface area contributed by atoms with Crippen LogP contribution < -0.4 is 51.4 Å². The molecule has 102 valence electrons. The van der Waals surface area contributed by atoms with Gasteiger partial charge in [-0.15, -0.1) is 0 Å². The molecule has 1 aromatic rings. The molecule has 0 saturated heterocycles. The van der Waals surface area contributed by atoms with Crippen LogP contribution in [-0.2, 0) is 6.42 Å². The van der Waals surface area contributed by atoms with Crippen molar-refractivity contribution in [1.82, 2.24) is 0 Å². The molecule has 0 aliphatic heterocycles. The normalized spacial score (nSPS) is 10.2. The van der Waals surface area contributed by atoms with Gasteiger partial charge in [0.1, 0.15) is 0 Å². The van der Waals surface area contributed by atoms with Gasteiger partial charge in [0.2, 0.25) is 0 Å². The molecule has 0 atom stereocenters. The van der Waals surface area contributed by atoms with Crippen LogP contribution in [0.4, 0.5) is 0 Å². The number of hydrogen-bond donors (Lipinski definition) is 0. The zero-order chi connectivity index (χ0) is 12.9. The van der Waals surface area contributed by atoms with E-state index >= 15 is 0 Å². The van der Waals surface area contributed by atoms with Gasteiger partial charge in [0.25, 0.3) is 0 Å². The first-order valence-electron chi connectivity index (χ1n) is 7.88. The molecule has 0 aliphatic carbocycles. The second kappa shape index (κ2) is 15.2. The SMILES string of the molecule is CCCCCCCCCCCCc1cc[c-]cc1.[K+]. The minimum absolute atomic E-state index is 0. The predicted molar refractivity (Wildman–Crippen MR) is 80.8 cm³/mol. The Balaban J connectivity index is 0.00000324. The summed E-state index contributed by atoms with van der Waals surface area (Å²) in [5.74, 6) is 0. The molecule has 0 nitrogen and oxygen atoms in total. The van der Waals surface area contributed by atoms with Crippen molar-refractivity contribution in [2.45, 2.75) is 77.6 Å². The van der Waals surface area contributed by atoms with Gasteiger partial charge in [-0.1, -0.05) is 77.6 Å². The van der Waals surface area contributed by atoms with Crippen LogP contribution in [0.15, 0.2) is 24.3 Å². The van der Waals surface area contributed by atoms with E-state index in [1.165, 1.54) is 76.2 Å². The number of unbranched alkanes of at least 4 members (excludes halogenated alkanes) is 9. The van der Waals surface area contributed by atoms with Gasteiger partial charge in [-0.05, 0) is 0 Å². The summed E-state index contributed by atoms with van der Waals surface area (Å²) in [5.41, 5.74) is 1.47. The average molecular weight is 285 g/mol. The Kier molecular flexibility index (Phi) is 15.9. The minimum atomic E-state index is 0. The summed E-state index contributed by atoms with van der Waals surface area (Å²) >= 11 is 0. The zero-order valence-corrected chi connectivity index (χ0v) is 16.2. The molecule has 0 aliphatic rings. The number of hydrogen-bond acceptors (Lipinski definition) is 0. The van der Waals surface area contributed by atoms with Crippen LogP contribution in [0, 0.1) is 6.07 Å². The van der Waals surface area contributed by atoms with Crippen molar-refractivity contribution < 1.29 is 51.4 Å². The van der Waals surface area contributed by atoms with E-state index in [0.29, 0.717) is 0 Å². The molecule has 0 fully saturated rings. The van der Waals surface area contributed by atoms with E-state index in [4.69, 9.17) is 0 Å². The molecule has 0 N–H and O–H groups in total. The van der Waals surface area contributed by atoms with Gasteiger partial charge in [-0.3, -0.25) is 0 Å². The summed E-state index contributed by atoms with van der Waals surface area (Å²) < 4.78 is 0. The fourth-order valence-corrected chi connectivity index (χ4v) is 2.40. The standard InChI is InChI=1S/C18H29.K/c1-2-3-4-5-6-7-8-9-10-12-15-18-16-13-11-14-17-18;/h13-14,16-17H,2-10,12,15H2,1H3;/q-1;+1. The quantitative estimate of drug-likeness (QED) is 0.333. The minimum Gasteiger partial charge on any atom is -0.184 e. The van der Waals surface area contributed by atoms with Crippen LogP contribution in [0.2, 0.25) is 0 Å². The van der Waals surface area contributed by atoms with Crippen LogP contribution in [0.25, 0.3) is 0 Å². The Labute approximate surface area is 163 Å². The third-order valence-electron chi connectivity index (χ3n) is 3.61. The molecule has 0 radical (unpaired) electrons. The Hall–Kier alpha value is 0.856. The molecule has 0 heterocycles. The molecule has 0 aromatic heterocycles. The van der Waals surface area contributed by atoms with Gasteiger partial charge in [0.05, 0.1) is 0 Å². The van der Waals surface area contributed by atoms with Crippen LogP contribution in [0.3, 0.4) is 0 Å². The first-order valence-corrected chi connectivity index (χ1v) is 7.88. The molecule has 0 spiro atoms. The Morgan fingerprint density at radius 2 is 1.21 bits per heavy atom. The predicted octanol–water partition coefficient (Wildman–Crippen LogP) is 2.95. The molecule has 0 amide bonds. The zero-order valence-electron chi connectivity index (χ0n) is 13.1. The fraction of sp³-hybridized carbons (Fsp3) is 0.667. The van der Waals surface area contributed by atoms with E-state index < -0.39 is 0 Å². The maximum Gasteiger partial charge on any atom is 1.00 e. The third-order valence-corrected chi connectivity index (χ3v) is 3.61. The summed E-state index contributed by atoms with van der Waals surface area (Å²) in [5, 5.41) is 0. The van der Waals surface area contributed by atoms with E-state index in [-0.39, 0.29) is 51.4 Å². The first-order chi connectivity index (χ1) is 8.93. The van der Waals surface area contributed by atoms with Crippen molar-refractivity contribution in [2.75, 3.05) is 0 Å².